The van der Waals surface area contributed by atoms with Crippen molar-refractivity contribution in [2.24, 2.45) is 0 Å². The lowest BCUT2D eigenvalue weighted by atomic mass is 10.1. The zero-order chi connectivity index (χ0) is 13.9. The second-order valence-corrected chi connectivity index (χ2v) is 4.79. The summed E-state index contributed by atoms with van der Waals surface area (Å²) in [6.45, 7) is 1.18. The Morgan fingerprint density at radius 3 is 3.00 bits per heavy atom. The maximum Gasteiger partial charge on any atom is 0.338 e. The first-order valence-corrected chi connectivity index (χ1v) is 6.48. The maximum absolute atomic E-state index is 10.7. The summed E-state index contributed by atoms with van der Waals surface area (Å²) < 4.78 is 11.0. The number of hydrogen-bond acceptors (Lipinski definition) is 4. The largest absolute Gasteiger partial charge is 0.488 e. The number of ether oxygens (including phenoxy) is 1. The van der Waals surface area contributed by atoms with E-state index in [1.807, 2.05) is 18.2 Å². The van der Waals surface area contributed by atoms with Crippen LogP contribution in [0, 0.1) is 0 Å². The number of carboxylic acids is 1. The van der Waals surface area contributed by atoms with Gasteiger partial charge in [0.05, 0.1) is 12.1 Å². The highest BCUT2D eigenvalue weighted by molar-refractivity contribution is 5.87. The van der Waals surface area contributed by atoms with Gasteiger partial charge in [-0.05, 0) is 17.7 Å². The van der Waals surface area contributed by atoms with Crippen molar-refractivity contribution in [1.29, 1.82) is 0 Å². The van der Waals surface area contributed by atoms with Crippen molar-refractivity contribution in [3.63, 3.8) is 0 Å². The summed E-state index contributed by atoms with van der Waals surface area (Å²) >= 11 is 0. The van der Waals surface area contributed by atoms with Crippen LogP contribution in [0.15, 0.2) is 41.0 Å². The van der Waals surface area contributed by atoms with Gasteiger partial charge in [0, 0.05) is 13.0 Å². The molecule has 1 aromatic carbocycles. The number of fused-ring (bicyclic) bond motifs is 1. The molecular formula is C15H15NO4. The molecule has 0 amide bonds. The van der Waals surface area contributed by atoms with Crippen LogP contribution in [0.5, 0.6) is 5.75 Å². The molecule has 1 unspecified atom stereocenters. The summed E-state index contributed by atoms with van der Waals surface area (Å²) in [5.41, 5.74) is 1.40. The summed E-state index contributed by atoms with van der Waals surface area (Å²) in [4.78, 5) is 10.7. The lowest BCUT2D eigenvalue weighted by Gasteiger charge is -2.10. The molecule has 5 nitrogen and oxygen atoms in total. The van der Waals surface area contributed by atoms with Crippen LogP contribution < -0.4 is 10.1 Å². The van der Waals surface area contributed by atoms with Crippen molar-refractivity contribution in [1.82, 2.24) is 5.32 Å². The Labute approximate surface area is 116 Å². The third-order valence-electron chi connectivity index (χ3n) is 3.29. The topological polar surface area (TPSA) is 71.7 Å². The molecule has 1 aromatic heterocycles. The molecule has 3 rings (SSSR count). The molecule has 0 saturated heterocycles. The van der Waals surface area contributed by atoms with Gasteiger partial charge in [-0.2, -0.15) is 0 Å². The van der Waals surface area contributed by atoms with Gasteiger partial charge in [-0.1, -0.05) is 18.2 Å². The number of rotatable bonds is 5. The van der Waals surface area contributed by atoms with Gasteiger partial charge in [-0.25, -0.2) is 4.79 Å². The van der Waals surface area contributed by atoms with Crippen LogP contribution >= 0.6 is 0 Å². The summed E-state index contributed by atoms with van der Waals surface area (Å²) in [5.74, 6) is 0.581. The Morgan fingerprint density at radius 2 is 2.25 bits per heavy atom. The molecular weight excluding hydrogens is 258 g/mol. The van der Waals surface area contributed by atoms with Gasteiger partial charge in [0.15, 0.2) is 0 Å². The number of carboxylic acid groups (broad SMARTS) is 1. The van der Waals surface area contributed by atoms with E-state index in [1.165, 1.54) is 17.9 Å². The minimum atomic E-state index is -0.977. The van der Waals surface area contributed by atoms with E-state index in [0.29, 0.717) is 18.8 Å². The number of benzene rings is 1. The summed E-state index contributed by atoms with van der Waals surface area (Å²) in [5, 5.41) is 12.0. The summed E-state index contributed by atoms with van der Waals surface area (Å²) in [7, 11) is 0. The van der Waals surface area contributed by atoms with Crippen LogP contribution in [0.25, 0.3) is 0 Å². The standard InChI is InChI=1S/C15H15NO4/c17-15(18)11-6-12(19-9-11)7-16-8-13-5-10-3-1-2-4-14(10)20-13/h1-4,6,9,13,16H,5,7-8H2,(H,17,18). The van der Waals surface area contributed by atoms with E-state index in [-0.39, 0.29) is 11.7 Å². The molecule has 0 spiro atoms. The van der Waals surface area contributed by atoms with E-state index in [4.69, 9.17) is 14.3 Å². The Bertz CT molecular complexity index is 595. The third-order valence-corrected chi connectivity index (χ3v) is 3.29. The number of furan rings is 1. The molecule has 2 aromatic rings. The van der Waals surface area contributed by atoms with Gasteiger partial charge >= 0.3 is 5.97 Å². The average molecular weight is 273 g/mol. The molecule has 2 heterocycles. The number of hydrogen-bond donors (Lipinski definition) is 2. The smallest absolute Gasteiger partial charge is 0.338 e. The van der Waals surface area contributed by atoms with E-state index < -0.39 is 5.97 Å². The van der Waals surface area contributed by atoms with E-state index in [0.717, 1.165) is 12.2 Å². The van der Waals surface area contributed by atoms with Crippen LogP contribution in [-0.4, -0.2) is 23.7 Å². The lowest BCUT2D eigenvalue weighted by Crippen LogP contribution is -2.29. The molecule has 104 valence electrons. The predicted octanol–water partition coefficient (Wildman–Crippen LogP) is 2.07. The first kappa shape index (κ1) is 12.7. The SMILES string of the molecule is O=C(O)c1coc(CNCC2Cc3ccccc3O2)c1. The molecule has 0 radical (unpaired) electrons. The van der Waals surface area contributed by atoms with Gasteiger partial charge in [-0.15, -0.1) is 0 Å². The van der Waals surface area contributed by atoms with Crippen molar-refractivity contribution in [2.45, 2.75) is 19.1 Å². The van der Waals surface area contributed by atoms with Gasteiger partial charge in [-0.3, -0.25) is 0 Å². The van der Waals surface area contributed by atoms with E-state index in [2.05, 4.69) is 11.4 Å². The first-order valence-electron chi connectivity index (χ1n) is 6.48. The Hall–Kier alpha value is -2.27. The molecule has 0 aliphatic carbocycles. The van der Waals surface area contributed by atoms with Crippen molar-refractivity contribution >= 4 is 5.97 Å². The van der Waals surface area contributed by atoms with Crippen LogP contribution in [0.2, 0.25) is 0 Å². The lowest BCUT2D eigenvalue weighted by molar-refractivity contribution is 0.0696. The van der Waals surface area contributed by atoms with Crippen molar-refractivity contribution in [3.8, 4) is 5.75 Å². The number of aromatic carboxylic acids is 1. The molecule has 1 atom stereocenters. The number of nitrogens with one attached hydrogen (secondary N) is 1. The average Bonchev–Trinajstić information content (AvgIpc) is 3.04. The molecule has 1 aliphatic heterocycles. The fourth-order valence-electron chi connectivity index (χ4n) is 2.31. The van der Waals surface area contributed by atoms with Gasteiger partial charge in [0.1, 0.15) is 23.9 Å². The molecule has 2 N–H and O–H groups in total. The number of carbonyl (C=O) groups is 1. The molecule has 5 heteroatoms. The van der Waals surface area contributed by atoms with E-state index in [9.17, 15) is 4.79 Å². The van der Waals surface area contributed by atoms with Crippen molar-refractivity contribution in [3.05, 3.63) is 53.5 Å². The normalized spacial score (nSPS) is 16.7. The fourth-order valence-corrected chi connectivity index (χ4v) is 2.31. The van der Waals surface area contributed by atoms with Crippen LogP contribution in [0.1, 0.15) is 21.7 Å². The highest BCUT2D eigenvalue weighted by atomic mass is 16.5. The third kappa shape index (κ3) is 2.67. The van der Waals surface area contributed by atoms with Crippen molar-refractivity contribution < 1.29 is 19.1 Å². The van der Waals surface area contributed by atoms with E-state index >= 15 is 0 Å². The van der Waals surface area contributed by atoms with Gasteiger partial charge < -0.3 is 19.6 Å². The van der Waals surface area contributed by atoms with Gasteiger partial charge in [0.2, 0.25) is 0 Å². The second kappa shape index (κ2) is 5.38. The Kier molecular flexibility index (Phi) is 3.43. The summed E-state index contributed by atoms with van der Waals surface area (Å²) in [6, 6.07) is 9.54. The Balaban J connectivity index is 1.48. The first-order chi connectivity index (χ1) is 9.72. The molecule has 20 heavy (non-hydrogen) atoms. The minimum absolute atomic E-state index is 0.112. The molecule has 0 bridgehead atoms. The predicted molar refractivity (Wildman–Crippen MR) is 71.9 cm³/mol. The highest BCUT2D eigenvalue weighted by Crippen LogP contribution is 2.27. The van der Waals surface area contributed by atoms with Crippen LogP contribution in [0.3, 0.4) is 0 Å². The Morgan fingerprint density at radius 1 is 1.40 bits per heavy atom. The monoisotopic (exact) mass is 273 g/mol. The maximum atomic E-state index is 10.7. The molecule has 1 aliphatic rings. The van der Waals surface area contributed by atoms with Crippen molar-refractivity contribution in [2.75, 3.05) is 6.54 Å². The van der Waals surface area contributed by atoms with Gasteiger partial charge in [0.25, 0.3) is 0 Å². The van der Waals surface area contributed by atoms with E-state index in [1.54, 1.807) is 0 Å². The quantitative estimate of drug-likeness (QED) is 0.872. The zero-order valence-corrected chi connectivity index (χ0v) is 10.8. The fraction of sp³-hybridized carbons (Fsp3) is 0.267. The zero-order valence-electron chi connectivity index (χ0n) is 10.8. The van der Waals surface area contributed by atoms with Crippen LogP contribution in [0.4, 0.5) is 0 Å². The minimum Gasteiger partial charge on any atom is -0.488 e. The second-order valence-electron chi connectivity index (χ2n) is 4.79. The highest BCUT2D eigenvalue weighted by Gasteiger charge is 2.21. The molecule has 0 fully saturated rings. The summed E-state index contributed by atoms with van der Waals surface area (Å²) in [6.07, 6.45) is 2.25. The molecule has 0 saturated carbocycles. The number of para-hydroxylation sites is 1. The van der Waals surface area contributed by atoms with Crippen LogP contribution in [-0.2, 0) is 13.0 Å².